The van der Waals surface area contributed by atoms with Crippen molar-refractivity contribution in [1.29, 1.82) is 0 Å². The number of rotatable bonds is 0. The molecule has 0 N–H and O–H groups in total. The summed E-state index contributed by atoms with van der Waals surface area (Å²) in [7, 11) is 0. The number of hydrogen-bond donors (Lipinski definition) is 0. The molecule has 7 heavy (non-hydrogen) atoms. The van der Waals surface area contributed by atoms with Crippen LogP contribution in [0.25, 0.3) is 0 Å². The predicted octanol–water partition coefficient (Wildman–Crippen LogP) is 2.52. The van der Waals surface area contributed by atoms with Gasteiger partial charge in [0.1, 0.15) is 0 Å². The maximum atomic E-state index is 9.93. The zero-order valence-corrected chi connectivity index (χ0v) is 5.36. The van der Waals surface area contributed by atoms with Crippen LogP contribution in [0.2, 0.25) is 0 Å². The van der Waals surface area contributed by atoms with Crippen molar-refractivity contribution in [2.24, 2.45) is 0 Å². The van der Waals surface area contributed by atoms with Crippen LogP contribution in [-0.4, -0.2) is 0 Å². The van der Waals surface area contributed by atoms with Gasteiger partial charge >= 0.3 is 35.5 Å². The van der Waals surface area contributed by atoms with Crippen molar-refractivity contribution in [2.75, 3.05) is 0 Å². The molecule has 0 spiro atoms. The second-order valence-corrected chi connectivity index (χ2v) is 6.63. The summed E-state index contributed by atoms with van der Waals surface area (Å²) in [4.78, 5) is 0. The Morgan fingerprint density at radius 3 is 0.571 bits per heavy atom. The van der Waals surface area contributed by atoms with E-state index in [1.165, 1.54) is 0 Å². The van der Waals surface area contributed by atoms with E-state index >= 15 is 0 Å². The molecule has 0 saturated heterocycles. The quantitative estimate of drug-likeness (QED) is 0.603. The van der Waals surface area contributed by atoms with E-state index in [0.717, 1.165) is 0 Å². The summed E-state index contributed by atoms with van der Waals surface area (Å²) in [6, 6.07) is 0. The van der Waals surface area contributed by atoms with Crippen molar-refractivity contribution >= 4 is 0 Å². The summed E-state index contributed by atoms with van der Waals surface area (Å²) in [6.07, 6.45) is 0. The van der Waals surface area contributed by atoms with Gasteiger partial charge in [0.2, 0.25) is 0 Å². The van der Waals surface area contributed by atoms with Crippen LogP contribution in [0, 0.1) is 0 Å². The Morgan fingerprint density at radius 1 is 0.571 bits per heavy atom. The first-order valence-electron chi connectivity index (χ1n) is 0.857. The molecule has 0 aliphatic carbocycles. The molecule has 0 atom stereocenters. The van der Waals surface area contributed by atoms with Gasteiger partial charge in [-0.3, -0.25) is 0 Å². The van der Waals surface area contributed by atoms with E-state index in [4.69, 9.17) is 0 Å². The van der Waals surface area contributed by atoms with Crippen LogP contribution in [0.5, 0.6) is 0 Å². The number of halogens is 6. The molecule has 0 nitrogen and oxygen atoms in total. The number of hydrogen-bond acceptors (Lipinski definition) is 0. The molecular formula is F6Re-2. The third-order valence-electron chi connectivity index (χ3n) is 0. The normalized spacial score (nSPS) is 23.1. The van der Waals surface area contributed by atoms with E-state index in [2.05, 4.69) is 0 Å². The van der Waals surface area contributed by atoms with Crippen molar-refractivity contribution in [2.45, 2.75) is 0 Å². The van der Waals surface area contributed by atoms with Crippen molar-refractivity contribution in [3.63, 3.8) is 0 Å². The van der Waals surface area contributed by atoms with E-state index in [-0.39, 0.29) is 0 Å². The van der Waals surface area contributed by atoms with Gasteiger partial charge in [-0.25, -0.2) is 0 Å². The molecule has 0 unspecified atom stereocenters. The summed E-state index contributed by atoms with van der Waals surface area (Å²) in [6.45, 7) is 0. The molecule has 0 rings (SSSR count). The average molecular weight is 300 g/mol. The van der Waals surface area contributed by atoms with Crippen molar-refractivity contribution in [1.82, 2.24) is 0 Å². The third kappa shape index (κ3) is 1910. The standard InChI is InChI=1S/6FH.Re/h6*1H;/q;;;;;;+4/p-6. The van der Waals surface area contributed by atoms with Gasteiger partial charge in [-0.05, 0) is 0 Å². The molecular weight excluding hydrogens is 300 g/mol. The summed E-state index contributed by atoms with van der Waals surface area (Å²) >= 11 is -11.3. The second-order valence-electron chi connectivity index (χ2n) is 0.810. The maximum absolute atomic E-state index is 11.3. The van der Waals surface area contributed by atoms with Crippen LogP contribution in [0.15, 0.2) is 0 Å². The molecule has 0 aliphatic rings. The van der Waals surface area contributed by atoms with Gasteiger partial charge in [0, 0.05) is 0 Å². The summed E-state index contributed by atoms with van der Waals surface area (Å²) in [5, 5.41) is 0. The van der Waals surface area contributed by atoms with Crippen LogP contribution in [0.3, 0.4) is 0 Å². The van der Waals surface area contributed by atoms with Gasteiger partial charge in [0.05, 0.1) is 0 Å². The fourth-order valence-electron chi connectivity index (χ4n) is 0. The van der Waals surface area contributed by atoms with Crippen molar-refractivity contribution in [3.05, 3.63) is 0 Å². The second kappa shape index (κ2) is 0.738. The Labute approximate surface area is 36.4 Å². The summed E-state index contributed by atoms with van der Waals surface area (Å²) in [5.74, 6) is 0. The monoisotopic (exact) mass is 301 g/mol. The molecule has 0 fully saturated rings. The van der Waals surface area contributed by atoms with E-state index in [0.29, 0.717) is 0 Å². The Bertz CT molecular complexity index is 62.7. The molecule has 0 heterocycles. The molecule has 0 aromatic heterocycles. The van der Waals surface area contributed by atoms with E-state index in [1.807, 2.05) is 0 Å². The first-order valence-corrected chi connectivity index (χ1v) is 7.02. The Hall–Kier alpha value is 0.242. The molecule has 0 aromatic rings. The Balaban J connectivity index is 4.43. The van der Waals surface area contributed by atoms with Gasteiger partial charge < -0.3 is 0 Å². The minimum atomic E-state index is -11.3. The molecule has 0 aliphatic heterocycles. The van der Waals surface area contributed by atoms with Gasteiger partial charge in [0.25, 0.3) is 0 Å². The van der Waals surface area contributed by atoms with Gasteiger partial charge in [-0.2, -0.15) is 0 Å². The Kier molecular flexibility index (Phi) is 0.764. The zero-order chi connectivity index (χ0) is 6.41. The predicted molar refractivity (Wildman–Crippen MR) is 6.65 cm³/mol. The topological polar surface area (TPSA) is 0 Å². The van der Waals surface area contributed by atoms with Gasteiger partial charge in [-0.1, -0.05) is 0 Å². The molecule has 0 saturated carbocycles. The van der Waals surface area contributed by atoms with Crippen LogP contribution in [-0.2, 0) is 16.2 Å². The first kappa shape index (κ1) is 7.24. The zero-order valence-electron chi connectivity index (χ0n) is 2.65. The van der Waals surface area contributed by atoms with Crippen LogP contribution >= 0.6 is 0 Å². The average Bonchev–Trinajstić information content (AvgIpc) is 0.592. The van der Waals surface area contributed by atoms with Crippen LogP contribution in [0.1, 0.15) is 0 Å². The molecule has 0 bridgehead atoms. The fraction of sp³-hybridized carbons (Fsp3) is 0. The van der Waals surface area contributed by atoms with Crippen molar-refractivity contribution < 1.29 is 35.5 Å². The van der Waals surface area contributed by atoms with Crippen molar-refractivity contribution in [3.8, 4) is 0 Å². The van der Waals surface area contributed by atoms with E-state index in [1.54, 1.807) is 0 Å². The summed E-state index contributed by atoms with van der Waals surface area (Å²) < 4.78 is 59.6. The molecule has 7 heteroatoms. The molecule has 51 valence electrons. The van der Waals surface area contributed by atoms with E-state index < -0.39 is 16.2 Å². The van der Waals surface area contributed by atoms with Gasteiger partial charge in [-0.15, -0.1) is 0 Å². The fourth-order valence-corrected chi connectivity index (χ4v) is 0. The Morgan fingerprint density at radius 2 is 0.571 bits per heavy atom. The summed E-state index contributed by atoms with van der Waals surface area (Å²) in [5.41, 5.74) is 0. The SMILES string of the molecule is [F][Re-2]([F])([F])([F])([F])[F]. The van der Waals surface area contributed by atoms with Gasteiger partial charge in [0.15, 0.2) is 0 Å². The third-order valence-corrected chi connectivity index (χ3v) is 0. The molecule has 0 aromatic carbocycles. The van der Waals surface area contributed by atoms with E-state index in [9.17, 15) is 19.3 Å². The molecule has 0 radical (unpaired) electrons. The minimum absolute atomic E-state index is 9.93. The van der Waals surface area contributed by atoms with Crippen LogP contribution in [0.4, 0.5) is 19.3 Å². The first-order chi connectivity index (χ1) is 2.45. The van der Waals surface area contributed by atoms with Crippen LogP contribution < -0.4 is 0 Å². The molecule has 0 amide bonds.